The molecule has 160 valence electrons. The van der Waals surface area contributed by atoms with Crippen molar-refractivity contribution in [3.05, 3.63) is 88.4 Å². The summed E-state index contributed by atoms with van der Waals surface area (Å²) < 4.78 is 0. The van der Waals surface area contributed by atoms with Crippen molar-refractivity contribution < 1.29 is 4.79 Å². The number of aryl methyl sites for hydroxylation is 3. The maximum absolute atomic E-state index is 12.7. The minimum absolute atomic E-state index is 0.195. The third kappa shape index (κ3) is 5.10. The largest absolute Gasteiger partial charge is 0.353 e. The SMILES string of the molecule is Cc1ccc(Cc2c(C)nc(C)nc2N2CCN(C(=O)Cc3ccccc3)CC2)cc1. The Balaban J connectivity index is 1.47. The molecule has 0 bridgehead atoms. The molecule has 5 nitrogen and oxygen atoms in total. The van der Waals surface area contributed by atoms with Crippen LogP contribution < -0.4 is 4.90 Å². The van der Waals surface area contributed by atoms with Crippen LogP contribution in [0.15, 0.2) is 54.6 Å². The highest BCUT2D eigenvalue weighted by atomic mass is 16.2. The summed E-state index contributed by atoms with van der Waals surface area (Å²) in [5.74, 6) is 2.00. The van der Waals surface area contributed by atoms with E-state index in [0.29, 0.717) is 6.42 Å². The Hall–Kier alpha value is -3.21. The molecule has 1 aliphatic heterocycles. The highest BCUT2D eigenvalue weighted by Gasteiger charge is 2.24. The van der Waals surface area contributed by atoms with Crippen LogP contribution in [0, 0.1) is 20.8 Å². The first kappa shape index (κ1) is 21.0. The van der Waals surface area contributed by atoms with Gasteiger partial charge in [-0.1, -0.05) is 60.2 Å². The molecule has 0 unspecified atom stereocenters. The lowest BCUT2D eigenvalue weighted by Crippen LogP contribution is -2.49. The van der Waals surface area contributed by atoms with Gasteiger partial charge in [0.1, 0.15) is 11.6 Å². The summed E-state index contributed by atoms with van der Waals surface area (Å²) in [7, 11) is 0. The van der Waals surface area contributed by atoms with Gasteiger partial charge in [0.05, 0.1) is 6.42 Å². The molecule has 3 aromatic rings. The minimum atomic E-state index is 0.195. The second-order valence-corrected chi connectivity index (χ2v) is 8.35. The summed E-state index contributed by atoms with van der Waals surface area (Å²) in [6.07, 6.45) is 1.28. The molecule has 1 aromatic heterocycles. The van der Waals surface area contributed by atoms with E-state index >= 15 is 0 Å². The zero-order valence-corrected chi connectivity index (χ0v) is 18.6. The smallest absolute Gasteiger partial charge is 0.227 e. The van der Waals surface area contributed by atoms with E-state index in [2.05, 4.69) is 48.0 Å². The van der Waals surface area contributed by atoms with Crippen molar-refractivity contribution in [1.29, 1.82) is 0 Å². The number of aromatic nitrogens is 2. The number of benzene rings is 2. The van der Waals surface area contributed by atoms with Crippen molar-refractivity contribution in [2.45, 2.75) is 33.6 Å². The molecule has 1 aliphatic rings. The topological polar surface area (TPSA) is 49.3 Å². The van der Waals surface area contributed by atoms with Crippen LogP contribution in [0.3, 0.4) is 0 Å². The molecule has 0 aliphatic carbocycles. The van der Waals surface area contributed by atoms with Gasteiger partial charge in [-0.25, -0.2) is 9.97 Å². The van der Waals surface area contributed by atoms with Crippen molar-refractivity contribution in [3.63, 3.8) is 0 Å². The summed E-state index contributed by atoms with van der Waals surface area (Å²) in [6.45, 7) is 9.14. The van der Waals surface area contributed by atoms with Gasteiger partial charge >= 0.3 is 0 Å². The molecule has 0 radical (unpaired) electrons. The first-order chi connectivity index (χ1) is 15.0. The van der Waals surface area contributed by atoms with Gasteiger partial charge in [0.2, 0.25) is 5.91 Å². The van der Waals surface area contributed by atoms with Crippen molar-refractivity contribution in [2.24, 2.45) is 0 Å². The fraction of sp³-hybridized carbons (Fsp3) is 0.346. The van der Waals surface area contributed by atoms with E-state index < -0.39 is 0 Å². The van der Waals surface area contributed by atoms with Gasteiger partial charge in [-0.2, -0.15) is 0 Å². The maximum Gasteiger partial charge on any atom is 0.227 e. The van der Waals surface area contributed by atoms with Gasteiger partial charge in [-0.15, -0.1) is 0 Å². The van der Waals surface area contributed by atoms with Crippen LogP contribution in [-0.4, -0.2) is 47.0 Å². The Morgan fingerprint density at radius 2 is 1.52 bits per heavy atom. The van der Waals surface area contributed by atoms with Crippen molar-refractivity contribution >= 4 is 11.7 Å². The van der Waals surface area contributed by atoms with Crippen molar-refractivity contribution in [3.8, 4) is 0 Å². The van der Waals surface area contributed by atoms with E-state index in [-0.39, 0.29) is 5.91 Å². The minimum Gasteiger partial charge on any atom is -0.353 e. The van der Waals surface area contributed by atoms with Crippen LogP contribution in [0.25, 0.3) is 0 Å². The van der Waals surface area contributed by atoms with Crippen LogP contribution in [0.5, 0.6) is 0 Å². The summed E-state index contributed by atoms with van der Waals surface area (Å²) in [5.41, 5.74) is 5.80. The molecule has 2 aromatic carbocycles. The number of carbonyl (C=O) groups excluding carboxylic acids is 1. The second kappa shape index (κ2) is 9.29. The fourth-order valence-electron chi connectivity index (χ4n) is 4.15. The average molecular weight is 415 g/mol. The number of carbonyl (C=O) groups is 1. The fourth-order valence-corrected chi connectivity index (χ4v) is 4.15. The molecular weight excluding hydrogens is 384 g/mol. The third-order valence-corrected chi connectivity index (χ3v) is 5.94. The predicted octanol–water partition coefficient (Wildman–Crippen LogP) is 3.88. The predicted molar refractivity (Wildman–Crippen MR) is 124 cm³/mol. The molecule has 0 saturated carbocycles. The van der Waals surface area contributed by atoms with Gasteiger partial charge in [-0.05, 0) is 31.9 Å². The molecule has 0 spiro atoms. The third-order valence-electron chi connectivity index (χ3n) is 5.94. The Morgan fingerprint density at radius 1 is 0.839 bits per heavy atom. The molecule has 5 heteroatoms. The normalized spacial score (nSPS) is 14.0. The van der Waals surface area contributed by atoms with Gasteiger partial charge in [-0.3, -0.25) is 4.79 Å². The maximum atomic E-state index is 12.7. The quantitative estimate of drug-likeness (QED) is 0.636. The number of rotatable bonds is 5. The monoisotopic (exact) mass is 414 g/mol. The molecule has 0 atom stereocenters. The summed E-state index contributed by atoms with van der Waals surface area (Å²) >= 11 is 0. The zero-order valence-electron chi connectivity index (χ0n) is 18.6. The molecule has 0 N–H and O–H groups in total. The highest BCUT2D eigenvalue weighted by molar-refractivity contribution is 5.79. The molecule has 1 amide bonds. The second-order valence-electron chi connectivity index (χ2n) is 8.35. The number of hydrogen-bond acceptors (Lipinski definition) is 4. The summed E-state index contributed by atoms with van der Waals surface area (Å²) in [6, 6.07) is 18.6. The number of piperazine rings is 1. The molecule has 4 rings (SSSR count). The molecular formula is C26H30N4O. The lowest BCUT2D eigenvalue weighted by Gasteiger charge is -2.36. The standard InChI is InChI=1S/C26H30N4O/c1-19-9-11-23(12-10-19)17-24-20(2)27-21(3)28-26(24)30-15-13-29(14-16-30)25(31)18-22-7-5-4-6-8-22/h4-12H,13-18H2,1-3H3. The Labute approximate surface area is 184 Å². The van der Waals surface area contributed by atoms with E-state index in [9.17, 15) is 4.79 Å². The number of hydrogen-bond donors (Lipinski definition) is 0. The van der Waals surface area contributed by atoms with Crippen molar-refractivity contribution in [1.82, 2.24) is 14.9 Å². The molecule has 2 heterocycles. The Morgan fingerprint density at radius 3 is 2.19 bits per heavy atom. The van der Waals surface area contributed by atoms with Gasteiger partial charge < -0.3 is 9.80 Å². The first-order valence-corrected chi connectivity index (χ1v) is 11.0. The number of amides is 1. The van der Waals surface area contributed by atoms with E-state index in [1.165, 1.54) is 16.7 Å². The Bertz CT molecular complexity index is 1040. The lowest BCUT2D eigenvalue weighted by molar-refractivity contribution is -0.130. The van der Waals surface area contributed by atoms with E-state index in [1.54, 1.807) is 0 Å². The summed E-state index contributed by atoms with van der Waals surface area (Å²) in [4.78, 5) is 26.5. The summed E-state index contributed by atoms with van der Waals surface area (Å²) in [5, 5.41) is 0. The van der Waals surface area contributed by atoms with Crippen LogP contribution in [0.4, 0.5) is 5.82 Å². The van der Waals surface area contributed by atoms with E-state index in [1.807, 2.05) is 42.2 Å². The van der Waals surface area contributed by atoms with Gasteiger partial charge in [0, 0.05) is 43.9 Å². The Kier molecular flexibility index (Phi) is 6.31. The number of nitrogens with zero attached hydrogens (tertiary/aromatic N) is 4. The van der Waals surface area contributed by atoms with Crippen molar-refractivity contribution in [2.75, 3.05) is 31.1 Å². The van der Waals surface area contributed by atoms with E-state index in [0.717, 1.165) is 55.5 Å². The lowest BCUT2D eigenvalue weighted by atomic mass is 10.0. The highest BCUT2D eigenvalue weighted by Crippen LogP contribution is 2.25. The van der Waals surface area contributed by atoms with Gasteiger partial charge in [0.25, 0.3) is 0 Å². The van der Waals surface area contributed by atoms with Crippen LogP contribution in [0.2, 0.25) is 0 Å². The number of anilines is 1. The van der Waals surface area contributed by atoms with Crippen LogP contribution in [-0.2, 0) is 17.6 Å². The zero-order chi connectivity index (χ0) is 21.8. The van der Waals surface area contributed by atoms with Gasteiger partial charge in [0.15, 0.2) is 0 Å². The van der Waals surface area contributed by atoms with E-state index in [4.69, 9.17) is 4.98 Å². The first-order valence-electron chi connectivity index (χ1n) is 11.0. The van der Waals surface area contributed by atoms with Crippen LogP contribution in [0.1, 0.15) is 33.8 Å². The van der Waals surface area contributed by atoms with Crippen LogP contribution >= 0.6 is 0 Å². The molecule has 1 saturated heterocycles. The molecule has 1 fully saturated rings. The molecule has 31 heavy (non-hydrogen) atoms. The average Bonchev–Trinajstić information content (AvgIpc) is 2.77.